The van der Waals surface area contributed by atoms with Gasteiger partial charge in [-0.05, 0) is 19.2 Å². The third kappa shape index (κ3) is 2.58. The molecule has 2 aromatic heterocycles. The summed E-state index contributed by atoms with van der Waals surface area (Å²) >= 11 is 0. The lowest BCUT2D eigenvalue weighted by Gasteiger charge is -2.35. The van der Waals surface area contributed by atoms with Crippen molar-refractivity contribution in [2.45, 2.75) is 12.6 Å². The van der Waals surface area contributed by atoms with Crippen LogP contribution in [0.2, 0.25) is 0 Å². The molecule has 2 aromatic rings. The fraction of sp³-hybridized carbons (Fsp3) is 0.417. The van der Waals surface area contributed by atoms with E-state index in [-0.39, 0.29) is 12.4 Å². The fourth-order valence-electron chi connectivity index (χ4n) is 1.89. The molecule has 0 unspecified atom stereocenters. The Morgan fingerprint density at radius 1 is 1.44 bits per heavy atom. The highest BCUT2D eigenvalue weighted by molar-refractivity contribution is 5.85. The van der Waals surface area contributed by atoms with Crippen molar-refractivity contribution in [3.05, 3.63) is 30.2 Å². The minimum atomic E-state index is 0. The molecule has 3 rings (SSSR count). The maximum atomic E-state index is 5.26. The van der Waals surface area contributed by atoms with Crippen molar-refractivity contribution in [3.8, 4) is 11.5 Å². The van der Waals surface area contributed by atoms with Gasteiger partial charge in [-0.3, -0.25) is 4.90 Å². The first-order chi connectivity index (χ1) is 8.33. The highest BCUT2D eigenvalue weighted by Crippen LogP contribution is 2.21. The van der Waals surface area contributed by atoms with Gasteiger partial charge in [-0.25, -0.2) is 0 Å². The van der Waals surface area contributed by atoms with Crippen LogP contribution in [-0.2, 0) is 6.54 Å². The molecule has 98 valence electrons. The topological polar surface area (TPSA) is 54.4 Å². The molecular formula is C12H16ClN3O2. The van der Waals surface area contributed by atoms with E-state index in [4.69, 9.17) is 8.94 Å². The van der Waals surface area contributed by atoms with E-state index in [1.807, 2.05) is 18.2 Å². The monoisotopic (exact) mass is 269 g/mol. The van der Waals surface area contributed by atoms with Crippen molar-refractivity contribution >= 4 is 12.4 Å². The molecule has 1 fully saturated rings. The van der Waals surface area contributed by atoms with Crippen LogP contribution in [0.15, 0.2) is 33.4 Å². The van der Waals surface area contributed by atoms with Gasteiger partial charge in [0.25, 0.3) is 0 Å². The number of halogens is 1. The molecule has 1 aliphatic rings. The quantitative estimate of drug-likeness (QED) is 0.917. The average molecular weight is 270 g/mol. The molecule has 0 spiro atoms. The molecule has 1 saturated heterocycles. The van der Waals surface area contributed by atoms with Crippen LogP contribution in [0.5, 0.6) is 0 Å². The minimum Gasteiger partial charge on any atom is -0.461 e. The lowest BCUT2D eigenvalue weighted by atomic mass is 10.1. The lowest BCUT2D eigenvalue weighted by Crippen LogP contribution is -2.55. The smallest absolute Gasteiger partial charge is 0.202 e. The molecule has 0 aromatic carbocycles. The van der Waals surface area contributed by atoms with E-state index < -0.39 is 0 Å². The van der Waals surface area contributed by atoms with Crippen LogP contribution < -0.4 is 5.32 Å². The summed E-state index contributed by atoms with van der Waals surface area (Å²) < 4.78 is 10.5. The molecule has 1 N–H and O–H groups in total. The Bertz CT molecular complexity index is 479. The minimum absolute atomic E-state index is 0. The predicted molar refractivity (Wildman–Crippen MR) is 69.6 cm³/mol. The van der Waals surface area contributed by atoms with E-state index >= 15 is 0 Å². The molecule has 0 amide bonds. The van der Waals surface area contributed by atoms with Crippen molar-refractivity contribution in [3.63, 3.8) is 0 Å². The summed E-state index contributed by atoms with van der Waals surface area (Å²) in [6.45, 7) is 2.91. The molecule has 0 radical (unpaired) electrons. The predicted octanol–water partition coefficient (Wildman–Crippen LogP) is 1.76. The van der Waals surface area contributed by atoms with Gasteiger partial charge >= 0.3 is 0 Å². The van der Waals surface area contributed by atoms with Gasteiger partial charge in [0.05, 0.1) is 12.0 Å². The van der Waals surface area contributed by atoms with Gasteiger partial charge < -0.3 is 14.3 Å². The first-order valence-corrected chi connectivity index (χ1v) is 5.73. The van der Waals surface area contributed by atoms with E-state index in [1.54, 1.807) is 6.26 Å². The van der Waals surface area contributed by atoms with Gasteiger partial charge in [0.15, 0.2) is 5.76 Å². The number of hydrogen-bond acceptors (Lipinski definition) is 5. The second-order valence-electron chi connectivity index (χ2n) is 4.39. The van der Waals surface area contributed by atoms with Crippen LogP contribution in [-0.4, -0.2) is 36.2 Å². The molecule has 0 aliphatic carbocycles. The Kier molecular flexibility index (Phi) is 4.06. The SMILES string of the molecule is CN(Cc1cc(-c2ccco2)on1)C1CNC1.Cl. The largest absolute Gasteiger partial charge is 0.461 e. The average Bonchev–Trinajstić information content (AvgIpc) is 2.82. The summed E-state index contributed by atoms with van der Waals surface area (Å²) in [5.41, 5.74) is 0.936. The molecule has 3 heterocycles. The number of rotatable bonds is 4. The van der Waals surface area contributed by atoms with Crippen molar-refractivity contribution in [2.75, 3.05) is 20.1 Å². The van der Waals surface area contributed by atoms with Crippen molar-refractivity contribution in [1.29, 1.82) is 0 Å². The number of nitrogens with zero attached hydrogens (tertiary/aromatic N) is 2. The standard InChI is InChI=1S/C12H15N3O2.ClH/c1-15(10-6-13-7-10)8-9-5-12(17-14-9)11-3-2-4-16-11;/h2-5,10,13H,6-8H2,1H3;1H. The summed E-state index contributed by atoms with van der Waals surface area (Å²) in [6.07, 6.45) is 1.63. The zero-order chi connectivity index (χ0) is 11.7. The molecule has 6 heteroatoms. The van der Waals surface area contributed by atoms with Gasteiger partial charge in [-0.2, -0.15) is 0 Å². The first kappa shape index (κ1) is 13.1. The van der Waals surface area contributed by atoms with E-state index in [2.05, 4.69) is 22.4 Å². The van der Waals surface area contributed by atoms with Crippen LogP contribution in [0, 0.1) is 0 Å². The second kappa shape index (κ2) is 5.56. The second-order valence-corrected chi connectivity index (χ2v) is 4.39. The molecule has 18 heavy (non-hydrogen) atoms. The molecule has 0 bridgehead atoms. The van der Waals surface area contributed by atoms with Crippen LogP contribution in [0.1, 0.15) is 5.69 Å². The molecular weight excluding hydrogens is 254 g/mol. The zero-order valence-electron chi connectivity index (χ0n) is 10.1. The highest BCUT2D eigenvalue weighted by Gasteiger charge is 2.22. The van der Waals surface area contributed by atoms with E-state index in [0.717, 1.165) is 31.1 Å². The van der Waals surface area contributed by atoms with Gasteiger partial charge in [0, 0.05) is 31.7 Å². The number of furan rings is 1. The van der Waals surface area contributed by atoms with Gasteiger partial charge in [-0.1, -0.05) is 5.16 Å². The maximum Gasteiger partial charge on any atom is 0.202 e. The van der Waals surface area contributed by atoms with Crippen LogP contribution in [0.25, 0.3) is 11.5 Å². The van der Waals surface area contributed by atoms with E-state index in [1.165, 1.54) is 0 Å². The highest BCUT2D eigenvalue weighted by atomic mass is 35.5. The third-order valence-corrected chi connectivity index (χ3v) is 3.12. The van der Waals surface area contributed by atoms with Crippen molar-refractivity contribution < 1.29 is 8.94 Å². The first-order valence-electron chi connectivity index (χ1n) is 5.73. The lowest BCUT2D eigenvalue weighted by molar-refractivity contribution is 0.169. The summed E-state index contributed by atoms with van der Waals surface area (Å²) in [5.74, 6) is 1.40. The maximum absolute atomic E-state index is 5.26. The van der Waals surface area contributed by atoms with E-state index in [0.29, 0.717) is 11.8 Å². The Morgan fingerprint density at radius 2 is 2.28 bits per heavy atom. The van der Waals surface area contributed by atoms with Crippen LogP contribution in [0.3, 0.4) is 0 Å². The number of hydrogen-bond donors (Lipinski definition) is 1. The molecule has 0 saturated carbocycles. The molecule has 0 atom stereocenters. The Hall–Kier alpha value is -1.30. The summed E-state index contributed by atoms with van der Waals surface area (Å²) in [6, 6.07) is 6.24. The van der Waals surface area contributed by atoms with Gasteiger partial charge in [0.1, 0.15) is 0 Å². The number of nitrogens with one attached hydrogen (secondary N) is 1. The number of likely N-dealkylation sites (N-methyl/N-ethyl adjacent to an activating group) is 1. The van der Waals surface area contributed by atoms with E-state index in [9.17, 15) is 0 Å². The molecule has 1 aliphatic heterocycles. The van der Waals surface area contributed by atoms with Crippen molar-refractivity contribution in [1.82, 2.24) is 15.4 Å². The fourth-order valence-corrected chi connectivity index (χ4v) is 1.89. The van der Waals surface area contributed by atoms with Crippen LogP contribution in [0.4, 0.5) is 0 Å². The van der Waals surface area contributed by atoms with Crippen LogP contribution >= 0.6 is 12.4 Å². The summed E-state index contributed by atoms with van der Waals surface area (Å²) in [7, 11) is 2.10. The molecule has 5 nitrogen and oxygen atoms in total. The van der Waals surface area contributed by atoms with Gasteiger partial charge in [0.2, 0.25) is 5.76 Å². The Labute approximate surface area is 112 Å². The Balaban J connectivity index is 0.00000120. The Morgan fingerprint density at radius 3 is 2.89 bits per heavy atom. The number of aromatic nitrogens is 1. The summed E-state index contributed by atoms with van der Waals surface area (Å²) in [5, 5.41) is 7.31. The summed E-state index contributed by atoms with van der Waals surface area (Å²) in [4.78, 5) is 2.28. The third-order valence-electron chi connectivity index (χ3n) is 3.12. The zero-order valence-corrected chi connectivity index (χ0v) is 10.9. The normalized spacial score (nSPS) is 15.4. The van der Waals surface area contributed by atoms with Crippen molar-refractivity contribution in [2.24, 2.45) is 0 Å². The van der Waals surface area contributed by atoms with Gasteiger partial charge in [-0.15, -0.1) is 12.4 Å².